The summed E-state index contributed by atoms with van der Waals surface area (Å²) in [5, 5.41) is 0. The van der Waals surface area contributed by atoms with E-state index in [1.807, 2.05) is 73.6 Å². The van der Waals surface area contributed by atoms with Crippen LogP contribution in [0.1, 0.15) is 5.56 Å². The van der Waals surface area contributed by atoms with Gasteiger partial charge in [0.15, 0.2) is 6.10 Å². The van der Waals surface area contributed by atoms with E-state index in [1.165, 1.54) is 0 Å². The van der Waals surface area contributed by atoms with Gasteiger partial charge in [-0.05, 0) is 31.8 Å². The molecule has 120 valence electrons. The van der Waals surface area contributed by atoms with E-state index in [0.717, 1.165) is 23.5 Å². The molecule has 0 aliphatic carbocycles. The van der Waals surface area contributed by atoms with Crippen LogP contribution in [0.3, 0.4) is 0 Å². The highest BCUT2D eigenvalue weighted by atomic mass is 16.5. The van der Waals surface area contributed by atoms with E-state index in [0.29, 0.717) is 13.0 Å². The second-order valence-corrected chi connectivity index (χ2v) is 6.06. The predicted octanol–water partition coefficient (Wildman–Crippen LogP) is 2.58. The van der Waals surface area contributed by atoms with Gasteiger partial charge < -0.3 is 14.5 Å². The number of hydrogen-bond acceptors (Lipinski definition) is 3. The number of anilines is 1. The van der Waals surface area contributed by atoms with Crippen LogP contribution in [0.5, 0.6) is 5.75 Å². The average molecular weight is 310 g/mol. The molecule has 1 aliphatic rings. The Morgan fingerprint density at radius 2 is 1.74 bits per heavy atom. The van der Waals surface area contributed by atoms with Crippen molar-refractivity contribution in [3.05, 3.63) is 60.2 Å². The molecule has 4 heteroatoms. The molecule has 1 aliphatic heterocycles. The van der Waals surface area contributed by atoms with Gasteiger partial charge in [-0.1, -0.05) is 42.5 Å². The maximum absolute atomic E-state index is 12.9. The summed E-state index contributed by atoms with van der Waals surface area (Å²) in [5.41, 5.74) is 1.97. The summed E-state index contributed by atoms with van der Waals surface area (Å²) in [6.07, 6.45) is 0.126. The van der Waals surface area contributed by atoms with Crippen molar-refractivity contribution in [1.29, 1.82) is 0 Å². The number of rotatable bonds is 5. The SMILES string of the molecule is CN(C)CCN1C(=O)C(Cc2ccccc2)Oc2ccccc21. The highest BCUT2D eigenvalue weighted by Crippen LogP contribution is 2.34. The van der Waals surface area contributed by atoms with Crippen LogP contribution < -0.4 is 9.64 Å². The molecule has 0 saturated heterocycles. The first-order chi connectivity index (χ1) is 11.1. The lowest BCUT2D eigenvalue weighted by Gasteiger charge is -2.35. The van der Waals surface area contributed by atoms with E-state index in [9.17, 15) is 4.79 Å². The third kappa shape index (κ3) is 3.54. The number of para-hydroxylation sites is 2. The summed E-state index contributed by atoms with van der Waals surface area (Å²) in [7, 11) is 4.02. The number of amides is 1. The van der Waals surface area contributed by atoms with E-state index in [4.69, 9.17) is 4.74 Å². The molecule has 1 unspecified atom stereocenters. The Balaban J connectivity index is 1.85. The van der Waals surface area contributed by atoms with E-state index < -0.39 is 6.10 Å². The summed E-state index contributed by atoms with van der Waals surface area (Å²) in [6.45, 7) is 1.48. The van der Waals surface area contributed by atoms with Crippen molar-refractivity contribution in [3.8, 4) is 5.75 Å². The molecule has 0 radical (unpaired) electrons. The van der Waals surface area contributed by atoms with Crippen molar-refractivity contribution >= 4 is 11.6 Å². The molecule has 2 aromatic carbocycles. The van der Waals surface area contributed by atoms with E-state index in [2.05, 4.69) is 4.90 Å². The molecule has 1 heterocycles. The van der Waals surface area contributed by atoms with Crippen LogP contribution in [-0.2, 0) is 11.2 Å². The standard InChI is InChI=1S/C19H22N2O2/c1-20(2)12-13-21-16-10-6-7-11-17(16)23-18(19(21)22)14-15-8-4-3-5-9-15/h3-11,18H,12-14H2,1-2H3. The predicted molar refractivity (Wildman–Crippen MR) is 91.9 cm³/mol. The highest BCUT2D eigenvalue weighted by Gasteiger charge is 2.34. The quantitative estimate of drug-likeness (QED) is 0.851. The molecule has 0 bridgehead atoms. The minimum absolute atomic E-state index is 0.0365. The van der Waals surface area contributed by atoms with Crippen molar-refractivity contribution in [1.82, 2.24) is 4.90 Å². The van der Waals surface area contributed by atoms with Gasteiger partial charge in [0.2, 0.25) is 0 Å². The molecule has 1 atom stereocenters. The van der Waals surface area contributed by atoms with E-state index in [-0.39, 0.29) is 5.91 Å². The van der Waals surface area contributed by atoms with Gasteiger partial charge in [-0.15, -0.1) is 0 Å². The summed E-state index contributed by atoms with van der Waals surface area (Å²) in [5.74, 6) is 0.821. The highest BCUT2D eigenvalue weighted by molar-refractivity contribution is 6.00. The lowest BCUT2D eigenvalue weighted by molar-refractivity contribution is -0.126. The Kier molecular flexibility index (Phi) is 4.63. The first-order valence-corrected chi connectivity index (χ1v) is 7.91. The summed E-state index contributed by atoms with van der Waals surface area (Å²) < 4.78 is 5.98. The molecule has 0 fully saturated rings. The smallest absolute Gasteiger partial charge is 0.268 e. The van der Waals surface area contributed by atoms with Crippen molar-refractivity contribution in [2.75, 3.05) is 32.1 Å². The molecule has 0 aromatic heterocycles. The van der Waals surface area contributed by atoms with Crippen LogP contribution in [0, 0.1) is 0 Å². The lowest BCUT2D eigenvalue weighted by atomic mass is 10.0. The Morgan fingerprint density at radius 3 is 2.48 bits per heavy atom. The number of carbonyl (C=O) groups excluding carboxylic acids is 1. The Hall–Kier alpha value is -2.33. The molecule has 0 spiro atoms. The van der Waals surface area contributed by atoms with Gasteiger partial charge in [0, 0.05) is 19.5 Å². The van der Waals surface area contributed by atoms with Crippen molar-refractivity contribution in [3.63, 3.8) is 0 Å². The molecule has 0 N–H and O–H groups in total. The maximum Gasteiger partial charge on any atom is 0.268 e. The van der Waals surface area contributed by atoms with Gasteiger partial charge in [0.25, 0.3) is 5.91 Å². The molecule has 0 saturated carbocycles. The summed E-state index contributed by atoms with van der Waals surface area (Å²) >= 11 is 0. The van der Waals surface area contributed by atoms with Gasteiger partial charge in [0.05, 0.1) is 5.69 Å². The third-order valence-electron chi connectivity index (χ3n) is 4.00. The average Bonchev–Trinajstić information content (AvgIpc) is 2.56. The van der Waals surface area contributed by atoms with E-state index >= 15 is 0 Å². The zero-order valence-electron chi connectivity index (χ0n) is 13.6. The number of ether oxygens (including phenoxy) is 1. The fourth-order valence-corrected chi connectivity index (χ4v) is 2.76. The van der Waals surface area contributed by atoms with Crippen LogP contribution >= 0.6 is 0 Å². The van der Waals surface area contributed by atoms with Crippen LogP contribution in [0.15, 0.2) is 54.6 Å². The van der Waals surface area contributed by atoms with Crippen LogP contribution in [-0.4, -0.2) is 44.1 Å². The first-order valence-electron chi connectivity index (χ1n) is 7.91. The van der Waals surface area contributed by atoms with Crippen LogP contribution in [0.25, 0.3) is 0 Å². The van der Waals surface area contributed by atoms with Gasteiger partial charge in [-0.3, -0.25) is 4.79 Å². The van der Waals surface area contributed by atoms with Gasteiger partial charge in [-0.25, -0.2) is 0 Å². The number of hydrogen-bond donors (Lipinski definition) is 0. The van der Waals surface area contributed by atoms with Gasteiger partial charge in [0.1, 0.15) is 5.75 Å². The van der Waals surface area contributed by atoms with Crippen molar-refractivity contribution < 1.29 is 9.53 Å². The topological polar surface area (TPSA) is 32.8 Å². The fourth-order valence-electron chi connectivity index (χ4n) is 2.76. The number of benzene rings is 2. The first kappa shape index (κ1) is 15.6. The minimum Gasteiger partial charge on any atom is -0.478 e. The molecule has 2 aromatic rings. The molecule has 1 amide bonds. The van der Waals surface area contributed by atoms with Gasteiger partial charge >= 0.3 is 0 Å². The minimum atomic E-state index is -0.463. The second kappa shape index (κ2) is 6.84. The summed E-state index contributed by atoms with van der Waals surface area (Å²) in [4.78, 5) is 16.8. The lowest BCUT2D eigenvalue weighted by Crippen LogP contribution is -2.49. The zero-order valence-corrected chi connectivity index (χ0v) is 13.6. The Bertz CT molecular complexity index is 670. The molecule has 4 nitrogen and oxygen atoms in total. The number of nitrogens with zero attached hydrogens (tertiary/aromatic N) is 2. The van der Waals surface area contributed by atoms with Crippen LogP contribution in [0.4, 0.5) is 5.69 Å². The van der Waals surface area contributed by atoms with Crippen molar-refractivity contribution in [2.45, 2.75) is 12.5 Å². The summed E-state index contributed by atoms with van der Waals surface area (Å²) in [6, 6.07) is 17.8. The third-order valence-corrected chi connectivity index (χ3v) is 4.00. The monoisotopic (exact) mass is 310 g/mol. The fraction of sp³-hybridized carbons (Fsp3) is 0.316. The second-order valence-electron chi connectivity index (χ2n) is 6.06. The number of carbonyl (C=O) groups is 1. The van der Waals surface area contributed by atoms with Crippen LogP contribution in [0.2, 0.25) is 0 Å². The maximum atomic E-state index is 12.9. The van der Waals surface area contributed by atoms with E-state index in [1.54, 1.807) is 0 Å². The van der Waals surface area contributed by atoms with Gasteiger partial charge in [-0.2, -0.15) is 0 Å². The molecular weight excluding hydrogens is 288 g/mol. The normalized spacial score (nSPS) is 17.1. The zero-order chi connectivity index (χ0) is 16.2. The Morgan fingerprint density at radius 1 is 1.04 bits per heavy atom. The molecular formula is C19H22N2O2. The number of likely N-dealkylation sites (N-methyl/N-ethyl adjacent to an activating group) is 1. The molecule has 23 heavy (non-hydrogen) atoms. The Labute approximate surface area is 137 Å². The molecule has 3 rings (SSSR count). The largest absolute Gasteiger partial charge is 0.478 e. The number of fused-ring (bicyclic) bond motifs is 1. The van der Waals surface area contributed by atoms with Crippen molar-refractivity contribution in [2.24, 2.45) is 0 Å².